The Morgan fingerprint density at radius 1 is 1.47 bits per heavy atom. The summed E-state index contributed by atoms with van der Waals surface area (Å²) in [4.78, 5) is 39.2. The van der Waals surface area contributed by atoms with Crippen LogP contribution in [0.1, 0.15) is 6.42 Å². The van der Waals surface area contributed by atoms with Gasteiger partial charge in [-0.05, 0) is 0 Å². The van der Waals surface area contributed by atoms with Crippen molar-refractivity contribution in [3.63, 3.8) is 0 Å². The molecule has 19 heavy (non-hydrogen) atoms. The Labute approximate surface area is 123 Å². The quantitative estimate of drug-likeness (QED) is 0.406. The van der Waals surface area contributed by atoms with Gasteiger partial charge in [0.25, 0.3) is 0 Å². The van der Waals surface area contributed by atoms with E-state index in [1.807, 2.05) is 5.32 Å². The van der Waals surface area contributed by atoms with Crippen molar-refractivity contribution in [1.29, 1.82) is 0 Å². The molecule has 14 heteroatoms. The standard InChI is InChI=1S/C5H6N2O4.2ClH.HNO2.2H2N.Pt/c8-3-1-2(4(9)10)6-5(11)7-3;;;2-1-3;;;/h2H,1H2,(H3,6,7,8,9,10,11);2*1H;(H,2,3);2*1H2;/q;;;;2*-1;+2/p-4. The molecule has 0 bridgehead atoms. The van der Waals surface area contributed by atoms with E-state index in [4.69, 9.17) is 34.1 Å². The molecule has 11 nitrogen and oxygen atoms in total. The summed E-state index contributed by atoms with van der Waals surface area (Å²) in [6.45, 7) is 0. The van der Waals surface area contributed by atoms with Crippen LogP contribution in [-0.2, 0) is 26.1 Å². The summed E-state index contributed by atoms with van der Waals surface area (Å²) in [5.74, 6) is -1.91. The van der Waals surface area contributed by atoms with Gasteiger partial charge in [0.05, 0.1) is 6.04 Å². The van der Waals surface area contributed by atoms with Gasteiger partial charge >= 0.3 is 41.3 Å². The number of rotatable bonds is 1. The van der Waals surface area contributed by atoms with E-state index < -0.39 is 40.4 Å². The number of nitrogens with two attached hydrogens (primary N) is 2. The van der Waals surface area contributed by atoms with E-state index in [1.165, 1.54) is 0 Å². The molecule has 1 heterocycles. The summed E-state index contributed by atoms with van der Waals surface area (Å²) in [5, 5.41) is 22.3. The first-order valence-corrected chi connectivity index (χ1v) is 9.11. The van der Waals surface area contributed by atoms with Crippen molar-refractivity contribution in [2.45, 2.75) is 12.5 Å². The molecule has 0 aliphatic carbocycles. The number of carboxylic acid groups (broad SMARTS) is 1. The number of carbonyl (C=O) groups excluding carboxylic acids is 2. The Morgan fingerprint density at radius 2 is 1.84 bits per heavy atom. The number of halogens is 2. The van der Waals surface area contributed by atoms with Crippen LogP contribution in [0.5, 0.6) is 0 Å². The van der Waals surface area contributed by atoms with Crippen molar-refractivity contribution in [1.82, 2.24) is 5.32 Å². The van der Waals surface area contributed by atoms with Crippen molar-refractivity contribution in [3.05, 3.63) is 27.7 Å². The monoisotopic (exact) mass is 500 g/mol. The molecule has 1 unspecified atom stereocenters. The Hall–Kier alpha value is -1.00. The number of amides is 3. The van der Waals surface area contributed by atoms with Crippen LogP contribution >= 0.6 is 18.8 Å². The topological polar surface area (TPSA) is 217 Å². The predicted octanol–water partition coefficient (Wildman–Crippen LogP) is 2.51. The predicted molar refractivity (Wildman–Crippen MR) is 64.4 cm³/mol. The summed E-state index contributed by atoms with van der Waals surface area (Å²) in [5.41, 5.74) is 0. The Morgan fingerprint density at radius 3 is 2.11 bits per heavy atom. The molecule has 0 saturated carbocycles. The number of nitrogens with one attached hydrogen (secondary N) is 1. The average molecular weight is 501 g/mol. The molecular formula is C5H9Cl2N5O6Pt-4. The van der Waals surface area contributed by atoms with Crippen LogP contribution in [0.15, 0.2) is 5.34 Å². The molecule has 1 fully saturated rings. The van der Waals surface area contributed by atoms with E-state index in [9.17, 15) is 14.4 Å². The molecule has 1 saturated heterocycles. The van der Waals surface area contributed by atoms with Crippen molar-refractivity contribution >= 4 is 36.7 Å². The molecule has 0 aromatic carbocycles. The number of imide groups is 1. The molecule has 1 aliphatic rings. The number of nitrogens with zero attached hydrogens (tertiary/aromatic N) is 2. The third-order valence-corrected chi connectivity index (χ3v) is 1.20. The second-order valence-electron chi connectivity index (χ2n) is 2.17. The van der Waals surface area contributed by atoms with Gasteiger partial charge in [-0.2, -0.15) is 0 Å². The summed E-state index contributed by atoms with van der Waals surface area (Å²) in [7, 11) is 9.75. The van der Waals surface area contributed by atoms with Gasteiger partial charge in [0.15, 0.2) is 6.03 Å². The maximum absolute atomic E-state index is 10.5. The fourth-order valence-electron chi connectivity index (χ4n) is 0.715. The molecule has 0 radical (unpaired) electrons. The molecule has 0 aromatic rings. The van der Waals surface area contributed by atoms with Gasteiger partial charge in [0, 0.05) is 6.42 Å². The number of hydrogen-bond acceptors (Lipinski definition) is 6. The molecule has 6 N–H and O–H groups in total. The normalized spacial score (nSPS) is 15.6. The summed E-state index contributed by atoms with van der Waals surface area (Å²) in [6.07, 6.45) is -0.263. The van der Waals surface area contributed by atoms with Gasteiger partial charge in [-0.3, -0.25) is 14.4 Å². The maximum atomic E-state index is 10.5. The van der Waals surface area contributed by atoms with Crippen molar-refractivity contribution in [2.24, 2.45) is 5.34 Å². The minimum Gasteiger partial charge on any atom is -0.693 e. The first-order valence-electron chi connectivity index (χ1n) is 3.48. The fraction of sp³-hybridized carbons (Fsp3) is 0.400. The van der Waals surface area contributed by atoms with E-state index in [1.54, 1.807) is 0 Å². The van der Waals surface area contributed by atoms with E-state index >= 15 is 0 Å². The molecule has 0 aromatic heterocycles. The number of urea groups is 1. The minimum absolute atomic E-state index is 0. The van der Waals surface area contributed by atoms with Gasteiger partial charge in [0.2, 0.25) is 0 Å². The smallest absolute Gasteiger partial charge is 0.693 e. The Bertz CT molecular complexity index is 279. The van der Waals surface area contributed by atoms with Crippen LogP contribution < -0.4 is 5.32 Å². The first kappa shape index (κ1) is 26.5. The van der Waals surface area contributed by atoms with E-state index in [-0.39, 0.29) is 18.7 Å². The van der Waals surface area contributed by atoms with Gasteiger partial charge < -0.3 is 38.2 Å². The third-order valence-electron chi connectivity index (χ3n) is 1.20. The average Bonchev–Trinajstić information content (AvgIpc) is 2.18. The largest absolute Gasteiger partial charge is 0.693 e. The number of aliphatic carboxylic acids is 1. The maximum Gasteiger partial charge on any atom is -0.693 e. The van der Waals surface area contributed by atoms with Crippen LogP contribution in [0.4, 0.5) is 4.79 Å². The zero-order valence-corrected chi connectivity index (χ0v) is 12.7. The summed E-state index contributed by atoms with van der Waals surface area (Å²) < 4.78 is 0. The van der Waals surface area contributed by atoms with E-state index in [0.29, 0.717) is 0 Å². The van der Waals surface area contributed by atoms with Crippen LogP contribution in [-0.4, -0.2) is 29.1 Å². The van der Waals surface area contributed by atoms with Gasteiger partial charge in [-0.15, -0.1) is 5.34 Å². The van der Waals surface area contributed by atoms with Crippen LogP contribution in [0, 0.1) is 10.1 Å². The van der Waals surface area contributed by atoms with E-state index in [2.05, 4.69) is 5.32 Å². The summed E-state index contributed by atoms with van der Waals surface area (Å²) >= 11 is -0.472. The SMILES string of the molecule is O=C1CC(C(=O)O)NC(=O)[N-]1.O=N[O-].[Cl][Pt][Cl].[NH2-].[NH2-]. The second-order valence-corrected chi connectivity index (χ2v) is 5.45. The van der Waals surface area contributed by atoms with Gasteiger partial charge in [0.1, 0.15) is 5.91 Å². The van der Waals surface area contributed by atoms with Crippen LogP contribution in [0.3, 0.4) is 0 Å². The van der Waals surface area contributed by atoms with Gasteiger partial charge in [-0.1, -0.05) is 0 Å². The second kappa shape index (κ2) is 17.0. The third kappa shape index (κ3) is 17.0. The molecule has 1 aliphatic heterocycles. The molecule has 1 atom stereocenters. The van der Waals surface area contributed by atoms with Crippen LogP contribution in [0.2, 0.25) is 0 Å². The molecule has 0 spiro atoms. The number of carbonyl (C=O) groups is 3. The zero-order chi connectivity index (χ0) is 13.8. The molecule has 118 valence electrons. The van der Waals surface area contributed by atoms with Crippen LogP contribution in [0.25, 0.3) is 17.6 Å². The van der Waals surface area contributed by atoms with Crippen molar-refractivity contribution in [2.75, 3.05) is 0 Å². The molecular weight excluding hydrogens is 492 g/mol. The number of carboxylic acids is 1. The fourth-order valence-corrected chi connectivity index (χ4v) is 0.715. The first-order chi connectivity index (χ1) is 7.92. The number of hydrogen-bond donors (Lipinski definition) is 2. The van der Waals surface area contributed by atoms with E-state index in [0.717, 1.165) is 5.34 Å². The molecule has 3 amide bonds. The Balaban J connectivity index is -0.000000122. The summed E-state index contributed by atoms with van der Waals surface area (Å²) in [6, 6.07) is -2.00. The van der Waals surface area contributed by atoms with Gasteiger partial charge in [-0.25, -0.2) is 0 Å². The molecule has 1 rings (SSSR count). The van der Waals surface area contributed by atoms with Crippen molar-refractivity contribution < 1.29 is 36.0 Å². The minimum atomic E-state index is -1.22. The van der Waals surface area contributed by atoms with Crippen molar-refractivity contribution in [3.8, 4) is 0 Å². The Kier molecular flexibility index (Phi) is 23.7. The zero-order valence-electron chi connectivity index (χ0n) is 8.89.